The minimum atomic E-state index is -0.932. The molecule has 0 aromatic carbocycles. The molecule has 0 N–H and O–H groups in total. The van der Waals surface area contributed by atoms with Gasteiger partial charge in [0, 0.05) is 11.9 Å². The molecule has 0 aliphatic carbocycles. The van der Waals surface area contributed by atoms with Crippen molar-refractivity contribution in [2.45, 2.75) is 65.2 Å². The molecule has 0 aromatic heterocycles. The van der Waals surface area contributed by atoms with Gasteiger partial charge < -0.3 is 32.2 Å². The molecular weight excluding hydrogens is 358 g/mol. The van der Waals surface area contributed by atoms with E-state index in [1.54, 1.807) is 0 Å². The smallest absolute Gasteiger partial charge is 1.00 e. The topological polar surface area (TPSA) is 80.3 Å². The normalized spacial score (nSPS) is 8.11. The van der Waals surface area contributed by atoms with Gasteiger partial charge in [0.15, 0.2) is 0 Å². The number of unbranched alkanes of at least 4 members (excludes halogenated alkanes) is 4. The first-order valence-electron chi connectivity index (χ1n) is 5.94. The van der Waals surface area contributed by atoms with E-state index in [9.17, 15) is 19.8 Å². The van der Waals surface area contributed by atoms with Gasteiger partial charge >= 0.3 is 25.8 Å². The molecule has 0 unspecified atom stereocenters. The fraction of sp³-hybridized carbons (Fsp3) is 0.833. The maximum atomic E-state index is 9.76. The second-order valence-corrected chi connectivity index (χ2v) is 3.66. The zero-order valence-electron chi connectivity index (χ0n) is 11.2. The van der Waals surface area contributed by atoms with Crippen LogP contribution >= 0.6 is 0 Å². The van der Waals surface area contributed by atoms with Gasteiger partial charge in [-0.15, -0.1) is 0 Å². The van der Waals surface area contributed by atoms with Gasteiger partial charge in [-0.2, -0.15) is 0 Å². The Hall–Kier alpha value is 0.100. The molecule has 18 heavy (non-hydrogen) atoms. The number of hydrogen-bond donors (Lipinski definition) is 0. The van der Waals surface area contributed by atoms with Crippen LogP contribution in [0.15, 0.2) is 0 Å². The summed E-state index contributed by atoms with van der Waals surface area (Å²) in [5.41, 5.74) is 0. The maximum absolute atomic E-state index is 9.76. The molecule has 0 fully saturated rings. The van der Waals surface area contributed by atoms with Gasteiger partial charge in [-0.1, -0.05) is 39.5 Å². The molecule has 4 nitrogen and oxygen atoms in total. The van der Waals surface area contributed by atoms with E-state index in [0.29, 0.717) is 0 Å². The molecule has 0 radical (unpaired) electrons. The summed E-state index contributed by atoms with van der Waals surface area (Å²) in [4.78, 5) is 19.5. The van der Waals surface area contributed by atoms with Gasteiger partial charge in [0.1, 0.15) is 0 Å². The molecular formula is C12H22ClInO4. The number of rotatable bonds is 8. The van der Waals surface area contributed by atoms with E-state index in [-0.39, 0.29) is 51.1 Å². The number of carboxylic acids is 2. The van der Waals surface area contributed by atoms with E-state index in [2.05, 4.69) is 0 Å². The van der Waals surface area contributed by atoms with Crippen molar-refractivity contribution in [3.63, 3.8) is 0 Å². The van der Waals surface area contributed by atoms with E-state index in [1.165, 1.54) is 0 Å². The first-order valence-corrected chi connectivity index (χ1v) is 5.94. The zero-order chi connectivity index (χ0) is 12.8. The monoisotopic (exact) mass is 380 g/mol. The van der Waals surface area contributed by atoms with Crippen LogP contribution in [0.2, 0.25) is 0 Å². The van der Waals surface area contributed by atoms with Crippen LogP contribution in [-0.2, 0) is 9.59 Å². The largest absolute Gasteiger partial charge is 3.00 e. The zero-order valence-corrected chi connectivity index (χ0v) is 15.3. The fourth-order valence-corrected chi connectivity index (χ4v) is 1.04. The second kappa shape index (κ2) is 22.3. The van der Waals surface area contributed by atoms with Crippen molar-refractivity contribution in [3.8, 4) is 0 Å². The third-order valence-electron chi connectivity index (χ3n) is 1.97. The number of aliphatic carboxylic acids is 2. The first-order chi connectivity index (χ1) is 7.54. The molecule has 0 spiro atoms. The van der Waals surface area contributed by atoms with Crippen molar-refractivity contribution in [2.24, 2.45) is 0 Å². The van der Waals surface area contributed by atoms with Crippen LogP contribution in [0.4, 0.5) is 0 Å². The van der Waals surface area contributed by atoms with Gasteiger partial charge in [0.2, 0.25) is 0 Å². The molecule has 0 aliphatic heterocycles. The summed E-state index contributed by atoms with van der Waals surface area (Å²) in [5.74, 6) is -1.86. The van der Waals surface area contributed by atoms with Crippen LogP contribution in [0.25, 0.3) is 0 Å². The Labute approximate surface area is 135 Å². The first kappa shape index (κ1) is 26.6. The van der Waals surface area contributed by atoms with Crippen LogP contribution < -0.4 is 22.6 Å². The van der Waals surface area contributed by atoms with Crippen molar-refractivity contribution in [1.29, 1.82) is 0 Å². The predicted molar refractivity (Wildman–Crippen MR) is 64.1 cm³/mol. The van der Waals surface area contributed by atoms with Crippen molar-refractivity contribution >= 4 is 37.8 Å². The standard InChI is InChI=1S/2C6H12O2.ClH.In/c2*1-2-3-4-5-6(7)8;;/h2*2-5H2,1H3,(H,7,8);1H;/q;;;+3/p-3. The second-order valence-electron chi connectivity index (χ2n) is 3.66. The van der Waals surface area contributed by atoms with Gasteiger partial charge in [-0.3, -0.25) is 0 Å². The maximum Gasteiger partial charge on any atom is 3.00 e. The van der Waals surface area contributed by atoms with Crippen LogP contribution in [0.1, 0.15) is 65.2 Å². The minimum Gasteiger partial charge on any atom is -1.00 e. The molecule has 0 aliphatic rings. The summed E-state index contributed by atoms with van der Waals surface area (Å²) >= 11 is 0. The summed E-state index contributed by atoms with van der Waals surface area (Å²) in [7, 11) is 0. The summed E-state index contributed by atoms with van der Waals surface area (Å²) in [6.07, 6.45) is 6.07. The van der Waals surface area contributed by atoms with Gasteiger partial charge in [0.25, 0.3) is 0 Å². The van der Waals surface area contributed by atoms with Crippen LogP contribution in [0, 0.1) is 0 Å². The summed E-state index contributed by atoms with van der Waals surface area (Å²) in [6, 6.07) is 0. The van der Waals surface area contributed by atoms with Gasteiger partial charge in [-0.05, 0) is 25.7 Å². The van der Waals surface area contributed by atoms with E-state index in [0.717, 1.165) is 38.5 Å². The van der Waals surface area contributed by atoms with E-state index >= 15 is 0 Å². The number of carbonyl (C=O) groups is 2. The fourth-order valence-electron chi connectivity index (χ4n) is 1.04. The molecule has 0 rings (SSSR count). The summed E-state index contributed by atoms with van der Waals surface area (Å²) in [6.45, 7) is 4.07. The number of carbonyl (C=O) groups excluding carboxylic acids is 2. The number of carboxylic acid groups (broad SMARTS) is 2. The van der Waals surface area contributed by atoms with E-state index < -0.39 is 11.9 Å². The third-order valence-corrected chi connectivity index (χ3v) is 1.97. The Kier molecular flexibility index (Phi) is 33.0. The number of hydrogen-bond acceptors (Lipinski definition) is 4. The molecule has 0 heterocycles. The predicted octanol–water partition coefficient (Wildman–Crippen LogP) is -2.74. The molecule has 6 heteroatoms. The third kappa shape index (κ3) is 36.0. The Bertz CT molecular complexity index is 169. The molecule has 0 saturated heterocycles. The van der Waals surface area contributed by atoms with E-state index in [1.807, 2.05) is 13.8 Å². The summed E-state index contributed by atoms with van der Waals surface area (Å²) < 4.78 is 0. The molecule has 0 atom stereocenters. The van der Waals surface area contributed by atoms with Crippen molar-refractivity contribution in [2.75, 3.05) is 0 Å². The average Bonchev–Trinajstić information content (AvgIpc) is 2.18. The SMILES string of the molecule is CCCCCC(=O)[O-].CCCCCC(=O)[O-].[Cl-].[In+3]. The quantitative estimate of drug-likeness (QED) is 0.428. The molecule has 0 aromatic rings. The Morgan fingerprint density at radius 3 is 1.22 bits per heavy atom. The number of halogens is 1. The van der Waals surface area contributed by atoms with Crippen molar-refractivity contribution in [3.05, 3.63) is 0 Å². The van der Waals surface area contributed by atoms with E-state index in [4.69, 9.17) is 0 Å². The molecule has 0 bridgehead atoms. The van der Waals surface area contributed by atoms with Crippen molar-refractivity contribution < 1.29 is 32.2 Å². The Morgan fingerprint density at radius 1 is 0.778 bits per heavy atom. The van der Waals surface area contributed by atoms with Gasteiger partial charge in [0.05, 0.1) is 0 Å². The summed E-state index contributed by atoms with van der Waals surface area (Å²) in [5, 5.41) is 19.5. The molecule has 104 valence electrons. The molecule has 0 amide bonds. The average molecular weight is 381 g/mol. The van der Waals surface area contributed by atoms with Gasteiger partial charge in [-0.25, -0.2) is 0 Å². The Balaban J connectivity index is -0.0000000980. The minimum absolute atomic E-state index is 0. The van der Waals surface area contributed by atoms with Crippen LogP contribution in [0.5, 0.6) is 0 Å². The molecule has 0 saturated carbocycles. The van der Waals surface area contributed by atoms with Crippen molar-refractivity contribution in [1.82, 2.24) is 0 Å². The van der Waals surface area contributed by atoms with Crippen LogP contribution in [-0.4, -0.2) is 37.8 Å². The van der Waals surface area contributed by atoms with Crippen LogP contribution in [0.3, 0.4) is 0 Å². The Morgan fingerprint density at radius 2 is 1.06 bits per heavy atom.